The van der Waals surface area contributed by atoms with Crippen molar-refractivity contribution in [1.29, 1.82) is 5.26 Å². The summed E-state index contributed by atoms with van der Waals surface area (Å²) in [6.45, 7) is 0.817. The Kier molecular flexibility index (Phi) is 3.75. The zero-order valence-corrected chi connectivity index (χ0v) is 12.7. The molecule has 2 aromatic rings. The SMILES string of the molecule is N#Cc1ccc(NCc2ccccc2C2CC2)c(Br)c1. The first-order valence-electron chi connectivity index (χ1n) is 6.79. The number of anilines is 1. The van der Waals surface area contributed by atoms with Crippen LogP contribution >= 0.6 is 15.9 Å². The molecule has 0 bridgehead atoms. The molecule has 0 radical (unpaired) electrons. The average Bonchev–Trinajstić information content (AvgIpc) is 3.31. The first kappa shape index (κ1) is 13.2. The Hall–Kier alpha value is -1.79. The summed E-state index contributed by atoms with van der Waals surface area (Å²) in [5.41, 5.74) is 4.53. The highest BCUT2D eigenvalue weighted by Gasteiger charge is 2.25. The van der Waals surface area contributed by atoms with Gasteiger partial charge in [0.2, 0.25) is 0 Å². The lowest BCUT2D eigenvalue weighted by molar-refractivity contribution is 1.03. The maximum atomic E-state index is 8.87. The van der Waals surface area contributed by atoms with E-state index in [2.05, 4.69) is 51.6 Å². The van der Waals surface area contributed by atoms with E-state index in [0.29, 0.717) is 5.56 Å². The van der Waals surface area contributed by atoms with E-state index >= 15 is 0 Å². The van der Waals surface area contributed by atoms with E-state index in [1.54, 1.807) is 0 Å². The van der Waals surface area contributed by atoms with Gasteiger partial charge < -0.3 is 5.32 Å². The number of rotatable bonds is 4. The molecule has 0 atom stereocenters. The molecule has 1 saturated carbocycles. The third-order valence-corrected chi connectivity index (χ3v) is 4.30. The smallest absolute Gasteiger partial charge is 0.0992 e. The van der Waals surface area contributed by atoms with Gasteiger partial charge in [0.15, 0.2) is 0 Å². The van der Waals surface area contributed by atoms with Crippen molar-refractivity contribution in [2.75, 3.05) is 5.32 Å². The third kappa shape index (κ3) is 2.86. The first-order valence-corrected chi connectivity index (χ1v) is 7.58. The lowest BCUT2D eigenvalue weighted by Gasteiger charge is -2.12. The van der Waals surface area contributed by atoms with Crippen LogP contribution in [0.2, 0.25) is 0 Å². The molecule has 1 fully saturated rings. The standard InChI is InChI=1S/C17H15BrN2/c18-16-9-12(10-19)5-8-17(16)20-11-14-3-1-2-4-15(14)13-6-7-13/h1-5,8-9,13,20H,6-7,11H2. The van der Waals surface area contributed by atoms with E-state index in [9.17, 15) is 0 Å². The second-order valence-corrected chi connectivity index (χ2v) is 5.99. The van der Waals surface area contributed by atoms with Gasteiger partial charge in [-0.15, -0.1) is 0 Å². The summed E-state index contributed by atoms with van der Waals surface area (Å²) in [4.78, 5) is 0. The van der Waals surface area contributed by atoms with Crippen LogP contribution in [0.5, 0.6) is 0 Å². The Morgan fingerprint density at radius 2 is 2.00 bits per heavy atom. The minimum Gasteiger partial charge on any atom is -0.380 e. The average molecular weight is 327 g/mol. The largest absolute Gasteiger partial charge is 0.380 e. The fraction of sp³-hybridized carbons (Fsp3) is 0.235. The summed E-state index contributed by atoms with van der Waals surface area (Å²) >= 11 is 3.51. The van der Waals surface area contributed by atoms with Gasteiger partial charge in [0.05, 0.1) is 11.6 Å². The van der Waals surface area contributed by atoms with Crippen LogP contribution in [-0.4, -0.2) is 0 Å². The van der Waals surface area contributed by atoms with Gasteiger partial charge in [-0.2, -0.15) is 5.26 Å². The van der Waals surface area contributed by atoms with Gasteiger partial charge in [-0.05, 0) is 64.0 Å². The number of hydrogen-bond donors (Lipinski definition) is 1. The summed E-state index contributed by atoms with van der Waals surface area (Å²) in [7, 11) is 0. The highest BCUT2D eigenvalue weighted by molar-refractivity contribution is 9.10. The highest BCUT2D eigenvalue weighted by atomic mass is 79.9. The zero-order chi connectivity index (χ0) is 13.9. The Morgan fingerprint density at radius 3 is 2.70 bits per heavy atom. The van der Waals surface area contributed by atoms with Crippen molar-refractivity contribution in [2.45, 2.75) is 25.3 Å². The Labute approximate surface area is 127 Å². The number of nitrogens with zero attached hydrogens (tertiary/aromatic N) is 1. The Morgan fingerprint density at radius 1 is 1.20 bits per heavy atom. The van der Waals surface area contributed by atoms with Gasteiger partial charge in [-0.3, -0.25) is 0 Å². The summed E-state index contributed by atoms with van der Waals surface area (Å²) in [6.07, 6.45) is 2.63. The monoisotopic (exact) mass is 326 g/mol. The molecule has 1 aliphatic carbocycles. The number of benzene rings is 2. The minimum atomic E-state index is 0.667. The molecule has 0 aromatic heterocycles. The van der Waals surface area contributed by atoms with Crippen molar-refractivity contribution in [3.05, 3.63) is 63.6 Å². The predicted molar refractivity (Wildman–Crippen MR) is 84.6 cm³/mol. The summed E-state index contributed by atoms with van der Waals surface area (Å²) in [6, 6.07) is 16.4. The van der Waals surface area contributed by atoms with Gasteiger partial charge in [-0.1, -0.05) is 24.3 Å². The van der Waals surface area contributed by atoms with Gasteiger partial charge in [-0.25, -0.2) is 0 Å². The molecule has 0 amide bonds. The molecule has 1 aliphatic rings. The predicted octanol–water partition coefficient (Wildman–Crippen LogP) is 4.81. The fourth-order valence-electron chi connectivity index (χ4n) is 2.41. The number of hydrogen-bond acceptors (Lipinski definition) is 2. The molecule has 0 heterocycles. The molecule has 1 N–H and O–H groups in total. The van der Waals surface area contributed by atoms with E-state index in [1.165, 1.54) is 24.0 Å². The fourth-order valence-corrected chi connectivity index (χ4v) is 2.93. The number of nitriles is 1. The highest BCUT2D eigenvalue weighted by Crippen LogP contribution is 2.41. The van der Waals surface area contributed by atoms with Crippen LogP contribution in [-0.2, 0) is 6.54 Å². The first-order chi connectivity index (χ1) is 9.78. The van der Waals surface area contributed by atoms with Crippen molar-refractivity contribution in [2.24, 2.45) is 0 Å². The van der Waals surface area contributed by atoms with Crippen molar-refractivity contribution >= 4 is 21.6 Å². The molecule has 0 spiro atoms. The molecule has 2 aromatic carbocycles. The van der Waals surface area contributed by atoms with Gasteiger partial charge >= 0.3 is 0 Å². The molecular weight excluding hydrogens is 312 g/mol. The number of halogens is 1. The van der Waals surface area contributed by atoms with E-state index < -0.39 is 0 Å². The maximum absolute atomic E-state index is 8.87. The molecule has 3 heteroatoms. The van der Waals surface area contributed by atoms with Crippen LogP contribution in [0.4, 0.5) is 5.69 Å². The second-order valence-electron chi connectivity index (χ2n) is 5.13. The zero-order valence-electron chi connectivity index (χ0n) is 11.1. The summed E-state index contributed by atoms with van der Waals surface area (Å²) < 4.78 is 0.931. The maximum Gasteiger partial charge on any atom is 0.0992 e. The normalized spacial score (nSPS) is 13.8. The number of nitrogens with one attached hydrogen (secondary N) is 1. The third-order valence-electron chi connectivity index (χ3n) is 3.64. The molecular formula is C17H15BrN2. The summed E-state index contributed by atoms with van der Waals surface area (Å²) in [5, 5.41) is 12.3. The van der Waals surface area contributed by atoms with Crippen LogP contribution in [0.1, 0.15) is 35.4 Å². The molecule has 20 heavy (non-hydrogen) atoms. The van der Waals surface area contributed by atoms with Crippen molar-refractivity contribution < 1.29 is 0 Å². The molecule has 2 nitrogen and oxygen atoms in total. The molecule has 3 rings (SSSR count). The van der Waals surface area contributed by atoms with Gasteiger partial charge in [0, 0.05) is 16.7 Å². The Bertz CT molecular complexity index is 669. The quantitative estimate of drug-likeness (QED) is 0.875. The minimum absolute atomic E-state index is 0.667. The van der Waals surface area contributed by atoms with Crippen molar-refractivity contribution in [3.8, 4) is 6.07 Å². The molecule has 0 unspecified atom stereocenters. The van der Waals surface area contributed by atoms with E-state index in [-0.39, 0.29) is 0 Å². The van der Waals surface area contributed by atoms with E-state index in [1.807, 2.05) is 18.2 Å². The van der Waals surface area contributed by atoms with Gasteiger partial charge in [0.25, 0.3) is 0 Å². The van der Waals surface area contributed by atoms with Gasteiger partial charge in [0.1, 0.15) is 0 Å². The van der Waals surface area contributed by atoms with Crippen LogP contribution < -0.4 is 5.32 Å². The van der Waals surface area contributed by atoms with Crippen LogP contribution in [0.15, 0.2) is 46.9 Å². The molecule has 0 saturated heterocycles. The van der Waals surface area contributed by atoms with Crippen molar-refractivity contribution in [3.63, 3.8) is 0 Å². The van der Waals surface area contributed by atoms with Crippen LogP contribution in [0, 0.1) is 11.3 Å². The van der Waals surface area contributed by atoms with E-state index in [4.69, 9.17) is 5.26 Å². The lowest BCUT2D eigenvalue weighted by Crippen LogP contribution is -2.03. The topological polar surface area (TPSA) is 35.8 Å². The van der Waals surface area contributed by atoms with Crippen molar-refractivity contribution in [1.82, 2.24) is 0 Å². The lowest BCUT2D eigenvalue weighted by atomic mass is 10.0. The second kappa shape index (κ2) is 5.68. The molecule has 100 valence electrons. The Balaban J connectivity index is 1.75. The summed E-state index contributed by atoms with van der Waals surface area (Å²) in [5.74, 6) is 0.761. The van der Waals surface area contributed by atoms with Crippen LogP contribution in [0.3, 0.4) is 0 Å². The van der Waals surface area contributed by atoms with Crippen LogP contribution in [0.25, 0.3) is 0 Å². The van der Waals surface area contributed by atoms with E-state index in [0.717, 1.165) is 22.6 Å². The molecule has 0 aliphatic heterocycles.